The van der Waals surface area contributed by atoms with E-state index >= 15 is 0 Å². The van der Waals surface area contributed by atoms with Gasteiger partial charge in [0.2, 0.25) is 0 Å². The number of methoxy groups -OCH3 is 1. The van der Waals surface area contributed by atoms with E-state index in [0.717, 1.165) is 0 Å². The van der Waals surface area contributed by atoms with E-state index in [1.54, 1.807) is 32.0 Å². The molecule has 0 amide bonds. The smallest absolute Gasteiger partial charge is 0.196 e. The number of aliphatic hydroxyl groups is 1. The third-order valence-electron chi connectivity index (χ3n) is 4.06. The van der Waals surface area contributed by atoms with Crippen LogP contribution in [0.2, 0.25) is 0 Å². The van der Waals surface area contributed by atoms with Gasteiger partial charge in [0.05, 0.1) is 24.9 Å². The maximum Gasteiger partial charge on any atom is 0.196 e. The van der Waals surface area contributed by atoms with E-state index in [9.17, 15) is 14.7 Å². The first kappa shape index (κ1) is 14.0. The molecule has 5 nitrogen and oxygen atoms in total. The predicted molar refractivity (Wildman–Crippen MR) is 74.7 cm³/mol. The number of hydrogen-bond donors (Lipinski definition) is 1. The van der Waals surface area contributed by atoms with Crippen LogP contribution in [-0.2, 0) is 4.74 Å². The van der Waals surface area contributed by atoms with Crippen molar-refractivity contribution in [2.45, 2.75) is 32.2 Å². The fourth-order valence-electron chi connectivity index (χ4n) is 3.05. The van der Waals surface area contributed by atoms with Crippen molar-refractivity contribution in [3.8, 4) is 5.75 Å². The van der Waals surface area contributed by atoms with Gasteiger partial charge in [-0.25, -0.2) is 0 Å². The number of fused-ring (bicyclic) bond motifs is 1. The normalized spacial score (nSPS) is 28.3. The molecular formula is C16H16O5. The molecule has 0 bridgehead atoms. The number of ketones is 2. The highest BCUT2D eigenvalue weighted by Crippen LogP contribution is 2.38. The molecule has 110 valence electrons. The maximum absolute atomic E-state index is 12.8. The molecule has 21 heavy (non-hydrogen) atoms. The molecule has 0 aromatic heterocycles. The van der Waals surface area contributed by atoms with Crippen LogP contribution in [0.3, 0.4) is 0 Å². The van der Waals surface area contributed by atoms with Crippen LogP contribution < -0.4 is 4.74 Å². The number of hydrogen-bond acceptors (Lipinski definition) is 5. The van der Waals surface area contributed by atoms with Gasteiger partial charge in [0, 0.05) is 16.7 Å². The van der Waals surface area contributed by atoms with E-state index in [1.807, 2.05) is 0 Å². The number of benzene rings is 1. The van der Waals surface area contributed by atoms with Crippen molar-refractivity contribution in [1.82, 2.24) is 0 Å². The third kappa shape index (κ3) is 1.85. The molecule has 0 saturated heterocycles. The van der Waals surface area contributed by atoms with Gasteiger partial charge in [0.25, 0.3) is 0 Å². The summed E-state index contributed by atoms with van der Waals surface area (Å²) in [6.45, 7) is 3.40. The summed E-state index contributed by atoms with van der Waals surface area (Å²) in [6, 6.07) is 4.88. The van der Waals surface area contributed by atoms with Crippen LogP contribution >= 0.6 is 0 Å². The van der Waals surface area contributed by atoms with Crippen LogP contribution in [0.15, 0.2) is 29.3 Å². The molecular weight excluding hydrogens is 272 g/mol. The molecule has 2 aliphatic rings. The second kappa shape index (κ2) is 4.79. The van der Waals surface area contributed by atoms with E-state index in [0.29, 0.717) is 5.75 Å². The first-order valence-electron chi connectivity index (χ1n) is 6.81. The van der Waals surface area contributed by atoms with Crippen LogP contribution in [0, 0.1) is 0 Å². The highest BCUT2D eigenvalue weighted by molar-refractivity contribution is 6.28. The number of aliphatic hydroxyl groups excluding tert-OH is 1. The molecule has 1 N–H and O–H groups in total. The predicted octanol–water partition coefficient (Wildman–Crippen LogP) is 1.54. The van der Waals surface area contributed by atoms with Crippen LogP contribution in [0.25, 0.3) is 0 Å². The molecule has 1 heterocycles. The second-order valence-corrected chi connectivity index (χ2v) is 5.30. The Balaban J connectivity index is 2.26. The Morgan fingerprint density at radius 2 is 1.86 bits per heavy atom. The molecule has 3 atom stereocenters. The number of carbonyl (C=O) groups is 2. The van der Waals surface area contributed by atoms with E-state index in [4.69, 9.17) is 9.47 Å². The zero-order valence-corrected chi connectivity index (χ0v) is 12.0. The Labute approximate surface area is 122 Å². The van der Waals surface area contributed by atoms with E-state index in [-0.39, 0.29) is 33.8 Å². The molecule has 5 heteroatoms. The lowest BCUT2D eigenvalue weighted by Gasteiger charge is -2.36. The molecule has 0 saturated carbocycles. The average molecular weight is 288 g/mol. The Bertz CT molecular complexity index is 673. The zero-order valence-electron chi connectivity index (χ0n) is 12.0. The molecule has 0 unspecified atom stereocenters. The van der Waals surface area contributed by atoms with Crippen molar-refractivity contribution in [2.75, 3.05) is 7.11 Å². The Hall–Kier alpha value is -1.98. The lowest BCUT2D eigenvalue weighted by atomic mass is 9.77. The minimum Gasteiger partial charge on any atom is -0.496 e. The minimum atomic E-state index is -1.09. The van der Waals surface area contributed by atoms with Gasteiger partial charge < -0.3 is 14.6 Å². The first-order valence-corrected chi connectivity index (χ1v) is 6.81. The lowest BCUT2D eigenvalue weighted by Crippen LogP contribution is -2.45. The summed E-state index contributed by atoms with van der Waals surface area (Å²) < 4.78 is 10.7. The van der Waals surface area contributed by atoms with Gasteiger partial charge in [0.15, 0.2) is 11.6 Å². The van der Waals surface area contributed by atoms with Gasteiger partial charge in [0.1, 0.15) is 11.9 Å². The Morgan fingerprint density at radius 3 is 2.52 bits per heavy atom. The summed E-state index contributed by atoms with van der Waals surface area (Å²) in [5.41, 5.74) is 0.925. The summed E-state index contributed by atoms with van der Waals surface area (Å²) >= 11 is 0. The molecule has 1 aliphatic carbocycles. The van der Waals surface area contributed by atoms with Gasteiger partial charge >= 0.3 is 0 Å². The van der Waals surface area contributed by atoms with Crippen molar-refractivity contribution in [3.63, 3.8) is 0 Å². The van der Waals surface area contributed by atoms with Crippen LogP contribution in [0.4, 0.5) is 0 Å². The Morgan fingerprint density at radius 1 is 1.14 bits per heavy atom. The van der Waals surface area contributed by atoms with E-state index in [1.165, 1.54) is 7.11 Å². The van der Waals surface area contributed by atoms with Gasteiger partial charge in [-0.15, -0.1) is 0 Å². The van der Waals surface area contributed by atoms with Crippen LogP contribution in [0.1, 0.15) is 34.6 Å². The molecule has 0 radical (unpaired) electrons. The van der Waals surface area contributed by atoms with E-state index in [2.05, 4.69) is 0 Å². The molecule has 1 aromatic rings. The van der Waals surface area contributed by atoms with Crippen molar-refractivity contribution < 1.29 is 24.2 Å². The van der Waals surface area contributed by atoms with Crippen LogP contribution in [-0.4, -0.2) is 42.1 Å². The second-order valence-electron chi connectivity index (χ2n) is 5.30. The fourth-order valence-corrected chi connectivity index (χ4v) is 3.05. The minimum absolute atomic E-state index is 0.159. The van der Waals surface area contributed by atoms with Crippen LogP contribution in [0.5, 0.6) is 5.75 Å². The van der Waals surface area contributed by atoms with Crippen molar-refractivity contribution in [1.29, 1.82) is 0 Å². The third-order valence-corrected chi connectivity index (χ3v) is 4.06. The number of carbonyl (C=O) groups excluding carboxylic acids is 2. The highest BCUT2D eigenvalue weighted by atomic mass is 16.5. The quantitative estimate of drug-likeness (QED) is 0.848. The zero-order chi connectivity index (χ0) is 15.3. The van der Waals surface area contributed by atoms with Crippen molar-refractivity contribution >= 4 is 11.6 Å². The Kier molecular flexibility index (Phi) is 3.19. The van der Waals surface area contributed by atoms with E-state index < -0.39 is 18.3 Å². The van der Waals surface area contributed by atoms with Gasteiger partial charge in [-0.3, -0.25) is 9.59 Å². The molecule has 3 rings (SSSR count). The summed E-state index contributed by atoms with van der Waals surface area (Å²) in [5.74, 6) is -0.277. The van der Waals surface area contributed by atoms with Crippen molar-refractivity contribution in [2.24, 2.45) is 0 Å². The lowest BCUT2D eigenvalue weighted by molar-refractivity contribution is -0.0492. The highest BCUT2D eigenvalue weighted by Gasteiger charge is 2.44. The summed E-state index contributed by atoms with van der Waals surface area (Å²) in [4.78, 5) is 25.4. The summed E-state index contributed by atoms with van der Waals surface area (Å²) in [7, 11) is 1.45. The molecule has 0 spiro atoms. The fraction of sp³-hybridized carbons (Fsp3) is 0.375. The summed E-state index contributed by atoms with van der Waals surface area (Å²) in [6.07, 6.45) is -2.15. The molecule has 1 aliphatic heterocycles. The largest absolute Gasteiger partial charge is 0.496 e. The van der Waals surface area contributed by atoms with Crippen molar-refractivity contribution in [3.05, 3.63) is 40.5 Å². The number of ether oxygens (including phenoxy) is 2. The topological polar surface area (TPSA) is 72.8 Å². The first-order chi connectivity index (χ1) is 9.97. The molecule has 1 aromatic carbocycles. The van der Waals surface area contributed by atoms with Gasteiger partial charge in [-0.2, -0.15) is 0 Å². The SMILES string of the molecule is COc1cccc2c1C(=O)C1=C(C2=O)[C@H](O)[C@@H](C)O[C@@H]1C. The average Bonchev–Trinajstić information content (AvgIpc) is 2.47. The molecule has 0 fully saturated rings. The maximum atomic E-state index is 12.8. The summed E-state index contributed by atoms with van der Waals surface area (Å²) in [5, 5.41) is 10.2. The number of Topliss-reactive ketones (excluding diaryl/α,β-unsaturated/α-hetero) is 2. The van der Waals surface area contributed by atoms with Gasteiger partial charge in [-0.05, 0) is 19.9 Å². The number of rotatable bonds is 1. The standard InChI is InChI=1S/C16H16O5/c1-7-11-13(14(17)8(2)21-7)15(18)9-5-4-6-10(20-3)12(9)16(11)19/h4-8,14,17H,1-3H3/t7-,8-,14-/m1/s1. The monoisotopic (exact) mass is 288 g/mol. The van der Waals surface area contributed by atoms with Gasteiger partial charge in [-0.1, -0.05) is 12.1 Å².